The molecule has 5 heteroatoms. The van der Waals surface area contributed by atoms with Gasteiger partial charge in [0.15, 0.2) is 0 Å². The second-order valence-corrected chi connectivity index (χ2v) is 6.90. The van der Waals surface area contributed by atoms with Crippen LogP contribution in [0.3, 0.4) is 0 Å². The normalized spacial score (nSPS) is 16.4. The monoisotopic (exact) mass is 349 g/mol. The number of β-amino-alcohol motifs (C(OH)–C–C–N with tert-alkyl or cyclic N) is 1. The van der Waals surface area contributed by atoms with Gasteiger partial charge < -0.3 is 9.84 Å². The maximum Gasteiger partial charge on any atom is 0.224 e. The van der Waals surface area contributed by atoms with E-state index in [4.69, 9.17) is 4.74 Å². The molecule has 1 fully saturated rings. The van der Waals surface area contributed by atoms with Crippen molar-refractivity contribution in [1.29, 1.82) is 0 Å². The second-order valence-electron chi connectivity index (χ2n) is 6.90. The number of aryl methyl sites for hydroxylation is 1. The number of likely N-dealkylation sites (tertiary alicyclic amines) is 1. The molecule has 0 bridgehead atoms. The fourth-order valence-electron chi connectivity index (χ4n) is 3.51. The number of hydrogen-bond donors (Lipinski definition) is 1. The van der Waals surface area contributed by atoms with Gasteiger partial charge in [0, 0.05) is 19.6 Å². The third-order valence-corrected chi connectivity index (χ3v) is 4.82. The summed E-state index contributed by atoms with van der Waals surface area (Å²) in [5, 5.41) is 11.6. The molecule has 5 nitrogen and oxygen atoms in total. The highest BCUT2D eigenvalue weighted by atomic mass is 16.5. The average molecular weight is 349 g/mol. The Kier molecular flexibility index (Phi) is 4.57. The lowest BCUT2D eigenvalue weighted by molar-refractivity contribution is -0.104. The number of hydrogen-bond acceptors (Lipinski definition) is 5. The Bertz CT molecular complexity index is 892. The smallest absolute Gasteiger partial charge is 0.224 e. The molecular weight excluding hydrogens is 326 g/mol. The lowest BCUT2D eigenvalue weighted by atomic mass is 9.86. The van der Waals surface area contributed by atoms with E-state index in [9.17, 15) is 5.11 Å². The molecule has 0 radical (unpaired) electrons. The van der Waals surface area contributed by atoms with Crippen LogP contribution in [0.4, 0.5) is 0 Å². The number of aliphatic hydroxyl groups is 1. The van der Waals surface area contributed by atoms with E-state index in [0.29, 0.717) is 25.6 Å². The zero-order valence-electron chi connectivity index (χ0n) is 14.9. The maximum absolute atomic E-state index is 10.6. The first-order chi connectivity index (χ1) is 12.6. The Hall–Kier alpha value is -2.50. The third-order valence-electron chi connectivity index (χ3n) is 4.82. The van der Waals surface area contributed by atoms with Crippen molar-refractivity contribution in [2.45, 2.75) is 18.9 Å². The molecule has 134 valence electrons. The van der Waals surface area contributed by atoms with Crippen LogP contribution in [-0.4, -0.2) is 46.2 Å². The SMILES string of the molecule is Cc1nc(OCCCN2CC(O)(c3ccccc3)C2)c2ccccc2n1. The fraction of sp³-hybridized carbons (Fsp3) is 0.333. The van der Waals surface area contributed by atoms with E-state index in [1.54, 1.807) is 0 Å². The van der Waals surface area contributed by atoms with Crippen LogP contribution in [0.1, 0.15) is 17.8 Å². The Morgan fingerprint density at radius 1 is 1.04 bits per heavy atom. The number of ether oxygens (including phenoxy) is 1. The standard InChI is InChI=1S/C21H23N3O2/c1-16-22-19-11-6-5-10-18(19)20(23-16)26-13-7-12-24-14-21(25,15-24)17-8-3-2-4-9-17/h2-6,8-11,25H,7,12-15H2,1H3. The van der Waals surface area contributed by atoms with Gasteiger partial charge in [0.25, 0.3) is 0 Å². The number of para-hydroxylation sites is 1. The van der Waals surface area contributed by atoms with Gasteiger partial charge in [-0.15, -0.1) is 0 Å². The molecule has 0 aliphatic carbocycles. The molecule has 2 heterocycles. The summed E-state index contributed by atoms with van der Waals surface area (Å²) >= 11 is 0. The first-order valence-electron chi connectivity index (χ1n) is 9.00. The van der Waals surface area contributed by atoms with E-state index in [1.807, 2.05) is 61.5 Å². The molecule has 0 atom stereocenters. The van der Waals surface area contributed by atoms with Crippen LogP contribution in [-0.2, 0) is 5.60 Å². The van der Waals surface area contributed by atoms with E-state index in [1.165, 1.54) is 0 Å². The minimum atomic E-state index is -0.706. The summed E-state index contributed by atoms with van der Waals surface area (Å²) in [5.41, 5.74) is 1.20. The number of rotatable bonds is 6. The van der Waals surface area contributed by atoms with E-state index in [-0.39, 0.29) is 0 Å². The largest absolute Gasteiger partial charge is 0.477 e. The quantitative estimate of drug-likeness (QED) is 0.694. The predicted molar refractivity (Wildman–Crippen MR) is 101 cm³/mol. The highest BCUT2D eigenvalue weighted by Crippen LogP contribution is 2.31. The zero-order valence-corrected chi connectivity index (χ0v) is 14.9. The molecule has 0 unspecified atom stereocenters. The summed E-state index contributed by atoms with van der Waals surface area (Å²) in [5.74, 6) is 1.37. The summed E-state index contributed by atoms with van der Waals surface area (Å²) < 4.78 is 5.92. The minimum Gasteiger partial charge on any atom is -0.477 e. The van der Waals surface area contributed by atoms with Crippen molar-refractivity contribution >= 4 is 10.9 Å². The van der Waals surface area contributed by atoms with Crippen molar-refractivity contribution < 1.29 is 9.84 Å². The van der Waals surface area contributed by atoms with Gasteiger partial charge >= 0.3 is 0 Å². The highest BCUT2D eigenvalue weighted by Gasteiger charge is 2.41. The first-order valence-corrected chi connectivity index (χ1v) is 9.00. The summed E-state index contributed by atoms with van der Waals surface area (Å²) in [6.45, 7) is 4.72. The first kappa shape index (κ1) is 16.9. The zero-order chi connectivity index (χ0) is 18.0. The lowest BCUT2D eigenvalue weighted by Crippen LogP contribution is -2.59. The molecule has 4 rings (SSSR count). The van der Waals surface area contributed by atoms with Crippen molar-refractivity contribution in [2.75, 3.05) is 26.2 Å². The van der Waals surface area contributed by atoms with Crippen LogP contribution < -0.4 is 4.74 Å². The highest BCUT2D eigenvalue weighted by molar-refractivity contribution is 5.83. The summed E-state index contributed by atoms with van der Waals surface area (Å²) in [7, 11) is 0. The molecule has 0 saturated carbocycles. The van der Waals surface area contributed by atoms with Gasteiger partial charge in [-0.05, 0) is 31.0 Å². The maximum atomic E-state index is 10.6. The van der Waals surface area contributed by atoms with E-state index < -0.39 is 5.60 Å². The molecule has 1 aromatic heterocycles. The van der Waals surface area contributed by atoms with Gasteiger partial charge in [0.2, 0.25) is 5.88 Å². The van der Waals surface area contributed by atoms with Crippen LogP contribution in [0.15, 0.2) is 54.6 Å². The molecule has 2 aromatic carbocycles. The van der Waals surface area contributed by atoms with Gasteiger partial charge in [0.05, 0.1) is 17.5 Å². The van der Waals surface area contributed by atoms with Crippen molar-refractivity contribution in [1.82, 2.24) is 14.9 Å². The van der Waals surface area contributed by atoms with Crippen molar-refractivity contribution in [3.05, 3.63) is 66.0 Å². The van der Waals surface area contributed by atoms with Crippen molar-refractivity contribution in [2.24, 2.45) is 0 Å². The van der Waals surface area contributed by atoms with E-state index in [0.717, 1.165) is 35.3 Å². The third kappa shape index (κ3) is 3.41. The molecule has 3 aromatic rings. The molecule has 26 heavy (non-hydrogen) atoms. The van der Waals surface area contributed by atoms with Crippen LogP contribution in [0, 0.1) is 6.92 Å². The Balaban J connectivity index is 1.28. The van der Waals surface area contributed by atoms with E-state index >= 15 is 0 Å². The Labute approximate surface area is 153 Å². The van der Waals surface area contributed by atoms with E-state index in [2.05, 4.69) is 14.9 Å². The fourth-order valence-corrected chi connectivity index (χ4v) is 3.51. The van der Waals surface area contributed by atoms with Crippen LogP contribution >= 0.6 is 0 Å². The molecule has 1 N–H and O–H groups in total. The van der Waals surface area contributed by atoms with Gasteiger partial charge in [0.1, 0.15) is 11.4 Å². The van der Waals surface area contributed by atoms with Crippen molar-refractivity contribution in [3.8, 4) is 5.88 Å². The lowest BCUT2D eigenvalue weighted by Gasteiger charge is -2.47. The summed E-state index contributed by atoms with van der Waals surface area (Å²) in [4.78, 5) is 11.1. The summed E-state index contributed by atoms with van der Waals surface area (Å²) in [6, 6.07) is 17.8. The van der Waals surface area contributed by atoms with Crippen LogP contribution in [0.2, 0.25) is 0 Å². The van der Waals surface area contributed by atoms with Gasteiger partial charge in [-0.1, -0.05) is 42.5 Å². The number of fused-ring (bicyclic) bond motifs is 1. The molecular formula is C21H23N3O2. The number of nitrogens with zero attached hydrogens (tertiary/aromatic N) is 3. The number of aromatic nitrogens is 2. The van der Waals surface area contributed by atoms with Gasteiger partial charge in [-0.2, -0.15) is 4.98 Å². The Morgan fingerprint density at radius 2 is 1.77 bits per heavy atom. The van der Waals surface area contributed by atoms with Crippen LogP contribution in [0.25, 0.3) is 10.9 Å². The molecule has 1 aliphatic heterocycles. The van der Waals surface area contributed by atoms with Gasteiger partial charge in [-0.25, -0.2) is 4.98 Å². The summed E-state index contributed by atoms with van der Waals surface area (Å²) in [6.07, 6.45) is 0.891. The molecule has 1 saturated heterocycles. The average Bonchev–Trinajstić information content (AvgIpc) is 2.63. The van der Waals surface area contributed by atoms with Gasteiger partial charge in [-0.3, -0.25) is 4.90 Å². The molecule has 1 aliphatic rings. The van der Waals surface area contributed by atoms with Crippen molar-refractivity contribution in [3.63, 3.8) is 0 Å². The minimum absolute atomic E-state index is 0.598. The predicted octanol–water partition coefficient (Wildman–Crippen LogP) is 2.91. The number of benzene rings is 2. The van der Waals surface area contributed by atoms with Crippen LogP contribution in [0.5, 0.6) is 5.88 Å². The topological polar surface area (TPSA) is 58.5 Å². The second kappa shape index (κ2) is 7.02. The molecule has 0 amide bonds. The Morgan fingerprint density at radius 3 is 2.58 bits per heavy atom. The molecule has 0 spiro atoms.